The summed E-state index contributed by atoms with van der Waals surface area (Å²) < 4.78 is 0. The summed E-state index contributed by atoms with van der Waals surface area (Å²) >= 11 is 0. The third-order valence-electron chi connectivity index (χ3n) is 3.65. The zero-order valence-electron chi connectivity index (χ0n) is 10.8. The molecule has 1 aliphatic rings. The standard InChI is InChI=1S/C13H23NO2/c1-9(2)11(15)8-14-12(16)10-6-5-7-13(10,3)4/h9-10H,5-8H2,1-4H3,(H,14,16). The Kier molecular flexibility index (Phi) is 4.11. The quantitative estimate of drug-likeness (QED) is 0.797. The Morgan fingerprint density at radius 1 is 1.38 bits per heavy atom. The SMILES string of the molecule is CC(C)C(=O)CNC(=O)C1CCCC1(C)C. The molecule has 92 valence electrons. The molecule has 3 nitrogen and oxygen atoms in total. The monoisotopic (exact) mass is 225 g/mol. The van der Waals surface area contributed by atoms with Crippen LogP contribution in [0.2, 0.25) is 0 Å². The van der Waals surface area contributed by atoms with Crippen LogP contribution in [-0.4, -0.2) is 18.2 Å². The minimum Gasteiger partial charge on any atom is -0.349 e. The molecule has 0 aromatic rings. The van der Waals surface area contributed by atoms with Crippen LogP contribution in [0, 0.1) is 17.3 Å². The van der Waals surface area contributed by atoms with Crippen LogP contribution in [0.3, 0.4) is 0 Å². The van der Waals surface area contributed by atoms with Gasteiger partial charge in [0.05, 0.1) is 6.54 Å². The maximum absolute atomic E-state index is 11.9. The van der Waals surface area contributed by atoms with E-state index in [1.807, 2.05) is 13.8 Å². The summed E-state index contributed by atoms with van der Waals surface area (Å²) in [6.07, 6.45) is 3.17. The first-order valence-electron chi connectivity index (χ1n) is 6.15. The molecule has 1 rings (SSSR count). The van der Waals surface area contributed by atoms with Crippen LogP contribution in [0.25, 0.3) is 0 Å². The number of hydrogen-bond acceptors (Lipinski definition) is 2. The molecule has 16 heavy (non-hydrogen) atoms. The van der Waals surface area contributed by atoms with Crippen molar-refractivity contribution in [3.05, 3.63) is 0 Å². The van der Waals surface area contributed by atoms with E-state index in [1.54, 1.807) is 0 Å². The summed E-state index contributed by atoms with van der Waals surface area (Å²) in [5.41, 5.74) is 0.0883. The van der Waals surface area contributed by atoms with Crippen LogP contribution in [0.4, 0.5) is 0 Å². The first kappa shape index (κ1) is 13.2. The fourth-order valence-electron chi connectivity index (χ4n) is 2.31. The first-order chi connectivity index (χ1) is 7.34. The van der Waals surface area contributed by atoms with E-state index in [0.29, 0.717) is 0 Å². The third kappa shape index (κ3) is 3.06. The van der Waals surface area contributed by atoms with Gasteiger partial charge in [-0.2, -0.15) is 0 Å². The van der Waals surface area contributed by atoms with Crippen molar-refractivity contribution in [1.82, 2.24) is 5.32 Å². The molecule has 0 saturated heterocycles. The van der Waals surface area contributed by atoms with Crippen LogP contribution in [0.1, 0.15) is 47.0 Å². The Bertz CT molecular complexity index is 282. The molecule has 0 bridgehead atoms. The summed E-state index contributed by atoms with van der Waals surface area (Å²) in [6.45, 7) is 8.16. The van der Waals surface area contributed by atoms with E-state index in [2.05, 4.69) is 19.2 Å². The molecule has 1 saturated carbocycles. The number of amides is 1. The highest BCUT2D eigenvalue weighted by Gasteiger charge is 2.39. The van der Waals surface area contributed by atoms with Crippen molar-refractivity contribution in [2.45, 2.75) is 47.0 Å². The molecule has 0 spiro atoms. The maximum atomic E-state index is 11.9. The molecule has 1 fully saturated rings. The zero-order chi connectivity index (χ0) is 12.3. The zero-order valence-corrected chi connectivity index (χ0v) is 10.8. The lowest BCUT2D eigenvalue weighted by atomic mass is 9.81. The van der Waals surface area contributed by atoms with E-state index in [-0.39, 0.29) is 35.5 Å². The van der Waals surface area contributed by atoms with Gasteiger partial charge in [0.25, 0.3) is 0 Å². The fraction of sp³-hybridized carbons (Fsp3) is 0.846. The van der Waals surface area contributed by atoms with Crippen molar-refractivity contribution >= 4 is 11.7 Å². The van der Waals surface area contributed by atoms with E-state index in [1.165, 1.54) is 0 Å². The molecule has 1 aliphatic carbocycles. The van der Waals surface area contributed by atoms with Crippen molar-refractivity contribution in [3.63, 3.8) is 0 Å². The summed E-state index contributed by atoms with van der Waals surface area (Å²) in [5, 5.41) is 2.77. The molecule has 0 aromatic heterocycles. The normalized spacial score (nSPS) is 23.4. The Hall–Kier alpha value is -0.860. The smallest absolute Gasteiger partial charge is 0.224 e. The molecule has 0 radical (unpaired) electrons. The number of rotatable bonds is 4. The second kappa shape index (κ2) is 4.98. The van der Waals surface area contributed by atoms with Crippen LogP contribution in [0.15, 0.2) is 0 Å². The van der Waals surface area contributed by atoms with Gasteiger partial charge in [0, 0.05) is 11.8 Å². The Labute approximate surface area is 98.0 Å². The highest BCUT2D eigenvalue weighted by molar-refractivity contribution is 5.88. The van der Waals surface area contributed by atoms with Crippen LogP contribution < -0.4 is 5.32 Å². The van der Waals surface area contributed by atoms with Gasteiger partial charge in [-0.1, -0.05) is 34.1 Å². The van der Waals surface area contributed by atoms with Gasteiger partial charge in [-0.25, -0.2) is 0 Å². The predicted molar refractivity (Wildman–Crippen MR) is 64.0 cm³/mol. The number of carbonyl (C=O) groups excluding carboxylic acids is 2. The lowest BCUT2D eigenvalue weighted by Crippen LogP contribution is -2.39. The van der Waals surface area contributed by atoms with Crippen molar-refractivity contribution < 1.29 is 9.59 Å². The van der Waals surface area contributed by atoms with E-state index in [9.17, 15) is 9.59 Å². The van der Waals surface area contributed by atoms with Gasteiger partial charge < -0.3 is 5.32 Å². The number of Topliss-reactive ketones (excluding diaryl/α,β-unsaturated/α-hetero) is 1. The molecule has 0 aliphatic heterocycles. The Morgan fingerprint density at radius 2 is 2.00 bits per heavy atom. The van der Waals surface area contributed by atoms with Gasteiger partial charge in [-0.15, -0.1) is 0 Å². The second-order valence-electron chi connectivity index (χ2n) is 5.77. The predicted octanol–water partition coefficient (Wildman–Crippen LogP) is 2.15. The largest absolute Gasteiger partial charge is 0.349 e. The van der Waals surface area contributed by atoms with E-state index in [0.717, 1.165) is 19.3 Å². The lowest BCUT2D eigenvalue weighted by molar-refractivity contribution is -0.130. The van der Waals surface area contributed by atoms with Crippen LogP contribution in [0.5, 0.6) is 0 Å². The van der Waals surface area contributed by atoms with Gasteiger partial charge >= 0.3 is 0 Å². The summed E-state index contributed by atoms with van der Waals surface area (Å²) in [5.74, 6) is 0.227. The molecule has 0 aromatic carbocycles. The van der Waals surface area contributed by atoms with Crippen molar-refractivity contribution in [3.8, 4) is 0 Å². The van der Waals surface area contributed by atoms with Gasteiger partial charge in [-0.3, -0.25) is 9.59 Å². The highest BCUT2D eigenvalue weighted by atomic mass is 16.2. The molecule has 1 amide bonds. The van der Waals surface area contributed by atoms with Gasteiger partial charge in [-0.05, 0) is 18.3 Å². The van der Waals surface area contributed by atoms with Crippen LogP contribution >= 0.6 is 0 Å². The molecule has 0 heterocycles. The summed E-state index contributed by atoms with van der Waals surface area (Å²) in [6, 6.07) is 0. The first-order valence-corrected chi connectivity index (χ1v) is 6.15. The number of carbonyl (C=O) groups is 2. The van der Waals surface area contributed by atoms with E-state index in [4.69, 9.17) is 0 Å². The average Bonchev–Trinajstić information content (AvgIpc) is 2.53. The number of nitrogens with one attached hydrogen (secondary N) is 1. The average molecular weight is 225 g/mol. The van der Waals surface area contributed by atoms with Crippen molar-refractivity contribution in [2.24, 2.45) is 17.3 Å². The molecular formula is C13H23NO2. The molecule has 1 unspecified atom stereocenters. The molecule has 3 heteroatoms. The van der Waals surface area contributed by atoms with Gasteiger partial charge in [0.15, 0.2) is 5.78 Å². The summed E-state index contributed by atoms with van der Waals surface area (Å²) in [7, 11) is 0. The van der Waals surface area contributed by atoms with Gasteiger partial charge in [0.2, 0.25) is 5.91 Å². The second-order valence-corrected chi connectivity index (χ2v) is 5.77. The Morgan fingerprint density at radius 3 is 2.44 bits per heavy atom. The highest BCUT2D eigenvalue weighted by Crippen LogP contribution is 2.42. The van der Waals surface area contributed by atoms with Crippen LogP contribution in [-0.2, 0) is 9.59 Å². The minimum absolute atomic E-state index is 0.00288. The fourth-order valence-corrected chi connectivity index (χ4v) is 2.31. The molecule has 1 N–H and O–H groups in total. The lowest BCUT2D eigenvalue weighted by Gasteiger charge is -2.25. The van der Waals surface area contributed by atoms with Crippen molar-refractivity contribution in [2.75, 3.05) is 6.54 Å². The van der Waals surface area contributed by atoms with E-state index < -0.39 is 0 Å². The van der Waals surface area contributed by atoms with Gasteiger partial charge in [0.1, 0.15) is 0 Å². The molecular weight excluding hydrogens is 202 g/mol. The van der Waals surface area contributed by atoms with E-state index >= 15 is 0 Å². The number of hydrogen-bond donors (Lipinski definition) is 1. The molecule has 1 atom stereocenters. The third-order valence-corrected chi connectivity index (χ3v) is 3.65. The minimum atomic E-state index is -0.00288. The number of ketones is 1. The summed E-state index contributed by atoms with van der Waals surface area (Å²) in [4.78, 5) is 23.3. The maximum Gasteiger partial charge on any atom is 0.224 e. The Balaban J connectivity index is 2.44. The van der Waals surface area contributed by atoms with Crippen molar-refractivity contribution in [1.29, 1.82) is 0 Å². The topological polar surface area (TPSA) is 46.2 Å².